The number of H-pyrrole nitrogens is 1. The molecule has 0 aliphatic heterocycles. The SMILES string of the molecule is Cc1ccc2sc3ncc(C(=O)Nc4nnn[nH]4)c(=O)n3c2c1. The Hall–Kier alpha value is -3.14. The van der Waals surface area contributed by atoms with Crippen molar-refractivity contribution in [2.45, 2.75) is 6.92 Å². The molecule has 10 heteroatoms. The molecule has 0 fully saturated rings. The number of aryl methyl sites for hydroxylation is 1. The third-order valence-electron chi connectivity index (χ3n) is 3.31. The van der Waals surface area contributed by atoms with E-state index in [0.717, 1.165) is 15.8 Å². The van der Waals surface area contributed by atoms with Crippen LogP contribution in [0, 0.1) is 6.92 Å². The maximum Gasteiger partial charge on any atom is 0.271 e. The van der Waals surface area contributed by atoms with E-state index in [1.54, 1.807) is 0 Å². The summed E-state index contributed by atoms with van der Waals surface area (Å²) in [5, 5.41) is 15.1. The highest BCUT2D eigenvalue weighted by atomic mass is 32.1. The average Bonchev–Trinajstić information content (AvgIpc) is 3.14. The Bertz CT molecular complexity index is 1100. The fourth-order valence-corrected chi connectivity index (χ4v) is 3.22. The number of nitrogens with one attached hydrogen (secondary N) is 2. The number of aromatic nitrogens is 6. The predicted octanol–water partition coefficient (Wildman–Crippen LogP) is 0.983. The summed E-state index contributed by atoms with van der Waals surface area (Å²) in [6.45, 7) is 1.94. The molecule has 0 unspecified atom stereocenters. The van der Waals surface area contributed by atoms with Crippen LogP contribution in [0.1, 0.15) is 15.9 Å². The van der Waals surface area contributed by atoms with Gasteiger partial charge in [-0.25, -0.2) is 10.1 Å². The first-order chi connectivity index (χ1) is 11.1. The van der Waals surface area contributed by atoms with Gasteiger partial charge in [-0.15, -0.1) is 0 Å². The van der Waals surface area contributed by atoms with Crippen molar-refractivity contribution >= 4 is 38.4 Å². The van der Waals surface area contributed by atoms with E-state index in [2.05, 4.69) is 30.9 Å². The number of thiazole rings is 1. The summed E-state index contributed by atoms with van der Waals surface area (Å²) in [5.41, 5.74) is 1.24. The summed E-state index contributed by atoms with van der Waals surface area (Å²) in [6, 6.07) is 5.79. The number of fused-ring (bicyclic) bond motifs is 3. The van der Waals surface area contributed by atoms with Crippen molar-refractivity contribution in [2.75, 3.05) is 5.32 Å². The molecule has 3 aromatic heterocycles. The molecule has 4 rings (SSSR count). The number of hydrogen-bond acceptors (Lipinski definition) is 7. The fraction of sp³-hybridized carbons (Fsp3) is 0.0769. The Kier molecular flexibility index (Phi) is 2.91. The number of hydrogen-bond donors (Lipinski definition) is 2. The van der Waals surface area contributed by atoms with Crippen LogP contribution in [0.15, 0.2) is 29.2 Å². The van der Waals surface area contributed by atoms with Gasteiger partial charge in [0.15, 0.2) is 4.96 Å². The molecule has 0 saturated heterocycles. The number of rotatable bonds is 2. The molecule has 0 radical (unpaired) electrons. The molecule has 2 N–H and O–H groups in total. The van der Waals surface area contributed by atoms with E-state index in [1.807, 2.05) is 25.1 Å². The first kappa shape index (κ1) is 13.5. The van der Waals surface area contributed by atoms with Gasteiger partial charge >= 0.3 is 0 Å². The van der Waals surface area contributed by atoms with E-state index < -0.39 is 11.5 Å². The van der Waals surface area contributed by atoms with E-state index in [9.17, 15) is 9.59 Å². The standard InChI is InChI=1S/C13H9N7O2S/c1-6-2-3-9-8(4-6)20-11(22)7(5-14-13(20)23-9)10(21)15-12-16-18-19-17-12/h2-5H,1H3,(H2,15,16,17,18,19,21). The van der Waals surface area contributed by atoms with Crippen LogP contribution in [-0.2, 0) is 0 Å². The summed E-state index contributed by atoms with van der Waals surface area (Å²) in [7, 11) is 0. The lowest BCUT2D eigenvalue weighted by Crippen LogP contribution is -2.26. The molecular formula is C13H9N7O2S. The van der Waals surface area contributed by atoms with Crippen molar-refractivity contribution in [3.8, 4) is 0 Å². The normalized spacial score (nSPS) is 11.2. The summed E-state index contributed by atoms with van der Waals surface area (Å²) in [5.74, 6) is -0.562. The highest BCUT2D eigenvalue weighted by Crippen LogP contribution is 2.24. The Balaban J connectivity index is 1.90. The van der Waals surface area contributed by atoms with Gasteiger partial charge in [0.1, 0.15) is 5.56 Å². The summed E-state index contributed by atoms with van der Waals surface area (Å²) in [4.78, 5) is 29.7. The van der Waals surface area contributed by atoms with Crippen molar-refractivity contribution in [1.82, 2.24) is 30.0 Å². The highest BCUT2D eigenvalue weighted by Gasteiger charge is 2.17. The minimum atomic E-state index is -0.623. The maximum absolute atomic E-state index is 12.7. The summed E-state index contributed by atoms with van der Waals surface area (Å²) in [6.07, 6.45) is 1.26. The van der Waals surface area contributed by atoms with Gasteiger partial charge in [0, 0.05) is 6.20 Å². The van der Waals surface area contributed by atoms with Crippen LogP contribution in [0.25, 0.3) is 15.2 Å². The minimum Gasteiger partial charge on any atom is -0.289 e. The van der Waals surface area contributed by atoms with Gasteiger partial charge in [-0.3, -0.25) is 19.3 Å². The van der Waals surface area contributed by atoms with Crippen molar-refractivity contribution in [3.63, 3.8) is 0 Å². The number of nitrogens with zero attached hydrogens (tertiary/aromatic N) is 5. The zero-order chi connectivity index (χ0) is 16.0. The van der Waals surface area contributed by atoms with Gasteiger partial charge in [-0.1, -0.05) is 22.5 Å². The Morgan fingerprint density at radius 2 is 2.26 bits per heavy atom. The number of aromatic amines is 1. The van der Waals surface area contributed by atoms with Crippen LogP contribution < -0.4 is 10.9 Å². The molecule has 4 aromatic rings. The number of amides is 1. The second-order valence-electron chi connectivity index (χ2n) is 4.87. The molecule has 23 heavy (non-hydrogen) atoms. The maximum atomic E-state index is 12.7. The molecular weight excluding hydrogens is 318 g/mol. The van der Waals surface area contributed by atoms with E-state index in [1.165, 1.54) is 21.9 Å². The molecule has 1 amide bonds. The van der Waals surface area contributed by atoms with Gasteiger partial charge in [0.05, 0.1) is 10.2 Å². The predicted molar refractivity (Wildman–Crippen MR) is 83.7 cm³/mol. The lowest BCUT2D eigenvalue weighted by atomic mass is 10.2. The first-order valence-electron chi connectivity index (χ1n) is 6.59. The number of carbonyl (C=O) groups is 1. The number of tetrazole rings is 1. The van der Waals surface area contributed by atoms with Gasteiger partial charge in [-0.2, -0.15) is 0 Å². The molecule has 1 aromatic carbocycles. The third-order valence-corrected chi connectivity index (χ3v) is 4.34. The van der Waals surface area contributed by atoms with Crippen molar-refractivity contribution in [3.05, 3.63) is 45.9 Å². The van der Waals surface area contributed by atoms with Crippen LogP contribution in [0.4, 0.5) is 5.95 Å². The smallest absolute Gasteiger partial charge is 0.271 e. The monoisotopic (exact) mass is 327 g/mol. The molecule has 0 saturated carbocycles. The zero-order valence-corrected chi connectivity index (χ0v) is 12.6. The molecule has 3 heterocycles. The van der Waals surface area contributed by atoms with Crippen LogP contribution in [0.5, 0.6) is 0 Å². The fourth-order valence-electron chi connectivity index (χ4n) is 2.25. The lowest BCUT2D eigenvalue weighted by Gasteiger charge is -2.01. The van der Waals surface area contributed by atoms with Crippen LogP contribution in [0.2, 0.25) is 0 Å². The molecule has 0 bridgehead atoms. The Labute approximate surface area is 132 Å². The quantitative estimate of drug-likeness (QED) is 0.567. The molecule has 114 valence electrons. The largest absolute Gasteiger partial charge is 0.289 e. The Morgan fingerprint density at radius 1 is 1.39 bits per heavy atom. The van der Waals surface area contributed by atoms with Crippen LogP contribution >= 0.6 is 11.3 Å². The second kappa shape index (κ2) is 4.95. The second-order valence-corrected chi connectivity index (χ2v) is 5.88. The summed E-state index contributed by atoms with van der Waals surface area (Å²) >= 11 is 1.39. The number of carbonyl (C=O) groups excluding carboxylic acids is 1. The van der Waals surface area contributed by atoms with Gasteiger partial charge in [-0.05, 0) is 35.0 Å². The van der Waals surface area contributed by atoms with E-state index in [0.29, 0.717) is 4.96 Å². The highest BCUT2D eigenvalue weighted by molar-refractivity contribution is 7.23. The Morgan fingerprint density at radius 3 is 3.04 bits per heavy atom. The molecule has 0 aliphatic carbocycles. The van der Waals surface area contributed by atoms with Crippen molar-refractivity contribution in [1.29, 1.82) is 0 Å². The third kappa shape index (κ3) is 2.16. The van der Waals surface area contributed by atoms with Crippen LogP contribution in [0.3, 0.4) is 0 Å². The summed E-state index contributed by atoms with van der Waals surface area (Å²) < 4.78 is 2.37. The molecule has 9 nitrogen and oxygen atoms in total. The van der Waals surface area contributed by atoms with Gasteiger partial charge in [0.2, 0.25) is 5.95 Å². The minimum absolute atomic E-state index is 0.0607. The molecule has 0 atom stereocenters. The number of anilines is 1. The molecule has 0 spiro atoms. The van der Waals surface area contributed by atoms with E-state index in [-0.39, 0.29) is 11.5 Å². The first-order valence-corrected chi connectivity index (χ1v) is 7.41. The average molecular weight is 327 g/mol. The van der Waals surface area contributed by atoms with E-state index >= 15 is 0 Å². The zero-order valence-electron chi connectivity index (χ0n) is 11.8. The van der Waals surface area contributed by atoms with Crippen LogP contribution in [-0.4, -0.2) is 35.9 Å². The van der Waals surface area contributed by atoms with Crippen molar-refractivity contribution in [2.24, 2.45) is 0 Å². The van der Waals surface area contributed by atoms with Crippen molar-refractivity contribution < 1.29 is 4.79 Å². The number of benzene rings is 1. The lowest BCUT2D eigenvalue weighted by molar-refractivity contribution is 0.102. The topological polar surface area (TPSA) is 118 Å². The van der Waals surface area contributed by atoms with Gasteiger partial charge in [0.25, 0.3) is 11.5 Å². The molecule has 0 aliphatic rings. The van der Waals surface area contributed by atoms with E-state index in [4.69, 9.17) is 0 Å². The van der Waals surface area contributed by atoms with Gasteiger partial charge < -0.3 is 0 Å².